The van der Waals surface area contributed by atoms with Gasteiger partial charge < -0.3 is 9.15 Å². The van der Waals surface area contributed by atoms with Gasteiger partial charge in [0.25, 0.3) is 0 Å². The zero-order valence-corrected chi connectivity index (χ0v) is 8.91. The molecule has 0 N–H and O–H groups in total. The van der Waals surface area contributed by atoms with Crippen molar-refractivity contribution in [3.63, 3.8) is 0 Å². The first-order valence-corrected chi connectivity index (χ1v) is 4.99. The number of carbonyl (C=O) groups excluding carboxylic acids is 1. The number of ether oxygens (including phenoxy) is 1. The molecule has 4 heteroatoms. The molecule has 0 bridgehead atoms. The van der Waals surface area contributed by atoms with Crippen LogP contribution in [0, 0.1) is 0 Å². The highest BCUT2D eigenvalue weighted by Gasteiger charge is 2.15. The van der Waals surface area contributed by atoms with Crippen LogP contribution >= 0.6 is 0 Å². The maximum atomic E-state index is 11.4. The number of aryl methyl sites for hydroxylation is 1. The summed E-state index contributed by atoms with van der Waals surface area (Å²) in [4.78, 5) is 22.4. The molecule has 0 atom stereocenters. The Bertz CT molecular complexity index is 392. The second kappa shape index (κ2) is 5.34. The molecule has 0 amide bonds. The second-order valence-electron chi connectivity index (χ2n) is 3.08. The van der Waals surface area contributed by atoms with Crippen LogP contribution in [-0.2, 0) is 11.2 Å². The molecule has 0 aliphatic heterocycles. The molecule has 0 aromatic carbocycles. The molecule has 1 heterocycles. The Morgan fingerprint density at radius 2 is 2.13 bits per heavy atom. The molecule has 0 unspecified atom stereocenters. The molecule has 82 valence electrons. The van der Waals surface area contributed by atoms with Gasteiger partial charge in [0.05, 0.1) is 6.61 Å². The van der Waals surface area contributed by atoms with E-state index in [0.717, 1.165) is 12.0 Å². The lowest BCUT2D eigenvalue weighted by atomic mass is 10.1. The van der Waals surface area contributed by atoms with Crippen LogP contribution in [0.15, 0.2) is 21.3 Å². The average Bonchev–Trinajstić information content (AvgIpc) is 2.21. The fourth-order valence-corrected chi connectivity index (χ4v) is 1.28. The van der Waals surface area contributed by atoms with E-state index in [2.05, 4.69) is 0 Å². The molecule has 0 aliphatic carbocycles. The first kappa shape index (κ1) is 11.5. The van der Waals surface area contributed by atoms with Gasteiger partial charge >= 0.3 is 11.6 Å². The van der Waals surface area contributed by atoms with Crippen molar-refractivity contribution in [1.82, 2.24) is 0 Å². The maximum absolute atomic E-state index is 11.4. The SMILES string of the molecule is CCCc1ccc(=O)oc1C(=O)OCC. The van der Waals surface area contributed by atoms with Crippen molar-refractivity contribution in [1.29, 1.82) is 0 Å². The lowest BCUT2D eigenvalue weighted by Gasteiger charge is -2.05. The molecule has 0 aliphatic rings. The van der Waals surface area contributed by atoms with E-state index in [1.165, 1.54) is 6.07 Å². The number of esters is 1. The van der Waals surface area contributed by atoms with Gasteiger partial charge in [-0.3, -0.25) is 0 Å². The van der Waals surface area contributed by atoms with Crippen molar-refractivity contribution < 1.29 is 13.9 Å². The Kier molecular flexibility index (Phi) is 4.09. The van der Waals surface area contributed by atoms with Crippen molar-refractivity contribution in [2.24, 2.45) is 0 Å². The molecule has 15 heavy (non-hydrogen) atoms. The van der Waals surface area contributed by atoms with Crippen molar-refractivity contribution in [3.8, 4) is 0 Å². The number of rotatable bonds is 4. The Morgan fingerprint density at radius 1 is 1.40 bits per heavy atom. The second-order valence-corrected chi connectivity index (χ2v) is 3.08. The van der Waals surface area contributed by atoms with Crippen LogP contribution in [-0.4, -0.2) is 12.6 Å². The molecule has 0 saturated carbocycles. The van der Waals surface area contributed by atoms with Crippen LogP contribution in [0.3, 0.4) is 0 Å². The maximum Gasteiger partial charge on any atom is 0.374 e. The third-order valence-corrected chi connectivity index (χ3v) is 1.90. The quantitative estimate of drug-likeness (QED) is 0.710. The fourth-order valence-electron chi connectivity index (χ4n) is 1.28. The highest BCUT2D eigenvalue weighted by Crippen LogP contribution is 2.10. The standard InChI is InChI=1S/C11H14O4/c1-3-5-8-6-7-9(12)15-10(8)11(13)14-4-2/h6-7H,3-5H2,1-2H3. The minimum atomic E-state index is -0.571. The van der Waals surface area contributed by atoms with E-state index < -0.39 is 11.6 Å². The minimum absolute atomic E-state index is 0.0335. The highest BCUT2D eigenvalue weighted by atomic mass is 16.5. The molecular formula is C11H14O4. The smallest absolute Gasteiger partial charge is 0.374 e. The molecule has 1 aromatic rings. The third kappa shape index (κ3) is 2.94. The predicted molar refractivity (Wildman–Crippen MR) is 54.9 cm³/mol. The normalized spacial score (nSPS) is 10.0. The topological polar surface area (TPSA) is 56.5 Å². The van der Waals surface area contributed by atoms with Gasteiger partial charge in [0.15, 0.2) is 0 Å². The summed E-state index contributed by atoms with van der Waals surface area (Å²) in [5, 5.41) is 0. The van der Waals surface area contributed by atoms with Gasteiger partial charge in [-0.15, -0.1) is 0 Å². The summed E-state index contributed by atoms with van der Waals surface area (Å²) in [7, 11) is 0. The van der Waals surface area contributed by atoms with Crippen molar-refractivity contribution in [2.75, 3.05) is 6.61 Å². The first-order chi connectivity index (χ1) is 7.19. The lowest BCUT2D eigenvalue weighted by molar-refractivity contribution is 0.0482. The van der Waals surface area contributed by atoms with Crippen LogP contribution < -0.4 is 5.63 Å². The molecule has 0 spiro atoms. The van der Waals surface area contributed by atoms with E-state index in [0.29, 0.717) is 6.42 Å². The molecule has 1 rings (SSSR count). The van der Waals surface area contributed by atoms with E-state index in [-0.39, 0.29) is 12.4 Å². The number of hydrogen-bond acceptors (Lipinski definition) is 4. The summed E-state index contributed by atoms with van der Waals surface area (Å²) in [6, 6.07) is 2.93. The summed E-state index contributed by atoms with van der Waals surface area (Å²) < 4.78 is 9.64. The Hall–Kier alpha value is -1.58. The zero-order valence-electron chi connectivity index (χ0n) is 8.91. The fraction of sp³-hybridized carbons (Fsp3) is 0.455. The van der Waals surface area contributed by atoms with Crippen LogP contribution in [0.5, 0.6) is 0 Å². The monoisotopic (exact) mass is 210 g/mol. The zero-order chi connectivity index (χ0) is 11.3. The summed E-state index contributed by atoms with van der Waals surface area (Å²) in [5.74, 6) is -0.537. The molecule has 0 radical (unpaired) electrons. The van der Waals surface area contributed by atoms with Crippen LogP contribution in [0.1, 0.15) is 36.4 Å². The summed E-state index contributed by atoms with van der Waals surface area (Å²) >= 11 is 0. The Labute approximate surface area is 87.9 Å². The van der Waals surface area contributed by atoms with Crippen LogP contribution in [0.2, 0.25) is 0 Å². The highest BCUT2D eigenvalue weighted by molar-refractivity contribution is 5.87. The van der Waals surface area contributed by atoms with E-state index in [1.54, 1.807) is 13.0 Å². The lowest BCUT2D eigenvalue weighted by Crippen LogP contribution is -2.12. The van der Waals surface area contributed by atoms with Crippen molar-refractivity contribution >= 4 is 5.97 Å². The molecule has 1 aromatic heterocycles. The van der Waals surface area contributed by atoms with Gasteiger partial charge in [0.2, 0.25) is 5.76 Å². The van der Waals surface area contributed by atoms with Gasteiger partial charge in [0.1, 0.15) is 0 Å². The summed E-state index contributed by atoms with van der Waals surface area (Å²) in [6.45, 7) is 3.96. The van der Waals surface area contributed by atoms with E-state index >= 15 is 0 Å². The largest absolute Gasteiger partial charge is 0.460 e. The predicted octanol–water partition coefficient (Wildman–Crippen LogP) is 1.77. The molecule has 0 saturated heterocycles. The van der Waals surface area contributed by atoms with E-state index in [9.17, 15) is 9.59 Å². The van der Waals surface area contributed by atoms with Gasteiger partial charge in [-0.05, 0) is 19.4 Å². The van der Waals surface area contributed by atoms with Crippen LogP contribution in [0.25, 0.3) is 0 Å². The van der Waals surface area contributed by atoms with Crippen molar-refractivity contribution in [3.05, 3.63) is 33.9 Å². The summed E-state index contributed by atoms with van der Waals surface area (Å²) in [5.41, 5.74) is 0.188. The van der Waals surface area contributed by atoms with Crippen LogP contribution in [0.4, 0.5) is 0 Å². The van der Waals surface area contributed by atoms with Crippen molar-refractivity contribution in [2.45, 2.75) is 26.7 Å². The number of hydrogen-bond donors (Lipinski definition) is 0. The average molecular weight is 210 g/mol. The summed E-state index contributed by atoms with van der Waals surface area (Å²) in [6.07, 6.45) is 1.57. The van der Waals surface area contributed by atoms with Gasteiger partial charge in [-0.1, -0.05) is 13.3 Å². The number of carbonyl (C=O) groups is 1. The minimum Gasteiger partial charge on any atom is -0.460 e. The Balaban J connectivity index is 3.06. The molecular weight excluding hydrogens is 196 g/mol. The van der Waals surface area contributed by atoms with Gasteiger partial charge in [-0.2, -0.15) is 0 Å². The first-order valence-electron chi connectivity index (χ1n) is 4.99. The van der Waals surface area contributed by atoms with Gasteiger partial charge in [-0.25, -0.2) is 9.59 Å². The Morgan fingerprint density at radius 3 is 2.73 bits per heavy atom. The van der Waals surface area contributed by atoms with Gasteiger partial charge in [0, 0.05) is 11.6 Å². The third-order valence-electron chi connectivity index (χ3n) is 1.90. The van der Waals surface area contributed by atoms with E-state index in [4.69, 9.17) is 9.15 Å². The molecule has 4 nitrogen and oxygen atoms in total. The molecule has 0 fully saturated rings. The van der Waals surface area contributed by atoms with E-state index in [1.807, 2.05) is 6.92 Å².